The summed E-state index contributed by atoms with van der Waals surface area (Å²) in [6.07, 6.45) is 0. The number of rotatable bonds is 9. The number of thioether (sulfide) groups is 1. The van der Waals surface area contributed by atoms with Crippen LogP contribution in [0.3, 0.4) is 0 Å². The number of ether oxygens (including phenoxy) is 1. The lowest BCUT2D eigenvalue weighted by Gasteiger charge is -2.09. The average molecular weight is 448 g/mol. The second-order valence-electron chi connectivity index (χ2n) is 6.94. The number of benzene rings is 3. The van der Waals surface area contributed by atoms with Gasteiger partial charge in [-0.1, -0.05) is 66.7 Å². The fourth-order valence-electron chi connectivity index (χ4n) is 3.33. The molecule has 0 aliphatic rings. The van der Waals surface area contributed by atoms with E-state index < -0.39 is 11.7 Å². The van der Waals surface area contributed by atoms with Crippen LogP contribution >= 0.6 is 11.8 Å². The molecule has 0 saturated carbocycles. The topological polar surface area (TPSA) is 81.7 Å². The summed E-state index contributed by atoms with van der Waals surface area (Å²) in [5, 5.41) is 8.77. The summed E-state index contributed by atoms with van der Waals surface area (Å²) < 4.78 is 12.6. The van der Waals surface area contributed by atoms with E-state index in [0.717, 1.165) is 21.7 Å². The molecule has 0 atom stereocenters. The average Bonchev–Trinajstić information content (AvgIpc) is 3.15. The number of carboxylic acids is 1. The lowest BCUT2D eigenvalue weighted by Crippen LogP contribution is -2.16. The largest absolute Gasteiger partial charge is 0.482 e. The first kappa shape index (κ1) is 21.5. The van der Waals surface area contributed by atoms with Gasteiger partial charge in [-0.3, -0.25) is 4.57 Å². The normalized spacial score (nSPS) is 10.8. The Hall–Kier alpha value is -3.71. The van der Waals surface area contributed by atoms with E-state index in [4.69, 9.17) is 14.3 Å². The molecule has 1 N–H and O–H groups in total. The highest BCUT2D eigenvalue weighted by molar-refractivity contribution is 7.99. The molecule has 162 valence electrons. The molecule has 0 unspecified atom stereocenters. The van der Waals surface area contributed by atoms with Gasteiger partial charge in [0.2, 0.25) is 0 Å². The Morgan fingerprint density at radius 2 is 1.62 bits per heavy atom. The van der Waals surface area contributed by atoms with Gasteiger partial charge in [-0.25, -0.2) is 9.59 Å². The van der Waals surface area contributed by atoms with Gasteiger partial charge in [0.25, 0.3) is 0 Å². The second-order valence-corrected chi connectivity index (χ2v) is 8.10. The highest BCUT2D eigenvalue weighted by atomic mass is 32.2. The molecule has 0 amide bonds. The van der Waals surface area contributed by atoms with E-state index in [-0.39, 0.29) is 6.61 Å². The van der Waals surface area contributed by atoms with Gasteiger partial charge in [0, 0.05) is 28.3 Å². The molecular weight excluding hydrogens is 426 g/mol. The quantitative estimate of drug-likeness (QED) is 0.363. The zero-order chi connectivity index (χ0) is 22.3. The van der Waals surface area contributed by atoms with Gasteiger partial charge in [-0.2, -0.15) is 0 Å². The van der Waals surface area contributed by atoms with Crippen molar-refractivity contribution in [1.82, 2.24) is 4.57 Å². The summed E-state index contributed by atoms with van der Waals surface area (Å²) in [7, 11) is 0. The molecule has 0 fully saturated rings. The molecule has 0 saturated heterocycles. The molecule has 1 aromatic heterocycles. The molecule has 6 nitrogen and oxygen atoms in total. The minimum atomic E-state index is -1.02. The molecule has 0 spiro atoms. The third kappa shape index (κ3) is 5.12. The van der Waals surface area contributed by atoms with Gasteiger partial charge in [0.05, 0.1) is 5.69 Å². The number of nitrogens with zero attached hydrogens (tertiary/aromatic N) is 1. The predicted octanol–water partition coefficient (Wildman–Crippen LogP) is 5.03. The molecule has 4 aromatic rings. The molecule has 4 rings (SSSR count). The van der Waals surface area contributed by atoms with Crippen molar-refractivity contribution < 1.29 is 19.1 Å². The van der Waals surface area contributed by atoms with Crippen molar-refractivity contribution in [3.05, 3.63) is 95.5 Å². The number of oxazole rings is 1. The van der Waals surface area contributed by atoms with Gasteiger partial charge < -0.3 is 14.3 Å². The Morgan fingerprint density at radius 1 is 0.938 bits per heavy atom. The van der Waals surface area contributed by atoms with Gasteiger partial charge in [-0.15, -0.1) is 11.8 Å². The zero-order valence-corrected chi connectivity index (χ0v) is 18.0. The predicted molar refractivity (Wildman–Crippen MR) is 124 cm³/mol. The van der Waals surface area contributed by atoms with Gasteiger partial charge in [0.1, 0.15) is 5.75 Å². The minimum absolute atomic E-state index is 0.388. The zero-order valence-electron chi connectivity index (χ0n) is 17.1. The molecule has 0 aliphatic heterocycles. The fourth-order valence-corrected chi connectivity index (χ4v) is 4.21. The minimum Gasteiger partial charge on any atom is -0.482 e. The third-order valence-electron chi connectivity index (χ3n) is 4.73. The smallest absolute Gasteiger partial charge is 0.420 e. The third-order valence-corrected chi connectivity index (χ3v) is 5.70. The van der Waals surface area contributed by atoms with E-state index in [1.54, 1.807) is 28.5 Å². The summed E-state index contributed by atoms with van der Waals surface area (Å²) in [6, 6.07) is 26.6. The van der Waals surface area contributed by atoms with E-state index in [1.807, 2.05) is 72.8 Å². The number of hydrogen-bond acceptors (Lipinski definition) is 5. The van der Waals surface area contributed by atoms with Crippen LogP contribution in [0.15, 0.2) is 99.0 Å². The Bertz CT molecular complexity index is 1250. The van der Waals surface area contributed by atoms with Crippen molar-refractivity contribution in [2.75, 3.05) is 12.4 Å². The number of aliphatic carboxylic acids is 1. The molecule has 0 aliphatic carbocycles. The van der Waals surface area contributed by atoms with E-state index in [9.17, 15) is 9.59 Å². The maximum absolute atomic E-state index is 12.8. The molecule has 3 aromatic carbocycles. The van der Waals surface area contributed by atoms with Crippen LogP contribution in [0, 0.1) is 0 Å². The molecule has 0 radical (unpaired) electrons. The summed E-state index contributed by atoms with van der Waals surface area (Å²) in [6.45, 7) is 0.0610. The van der Waals surface area contributed by atoms with Crippen LogP contribution < -0.4 is 10.5 Å². The van der Waals surface area contributed by atoms with Crippen molar-refractivity contribution in [3.8, 4) is 28.3 Å². The summed E-state index contributed by atoms with van der Waals surface area (Å²) in [5.74, 6) is 0.243. The maximum Gasteiger partial charge on any atom is 0.420 e. The Labute approximate surface area is 189 Å². The van der Waals surface area contributed by atoms with Crippen molar-refractivity contribution in [2.45, 2.75) is 11.4 Å². The van der Waals surface area contributed by atoms with Crippen LogP contribution in [0.4, 0.5) is 0 Å². The summed E-state index contributed by atoms with van der Waals surface area (Å²) in [4.78, 5) is 24.4. The lowest BCUT2D eigenvalue weighted by molar-refractivity contribution is -0.139. The van der Waals surface area contributed by atoms with E-state index in [2.05, 4.69) is 0 Å². The highest BCUT2D eigenvalue weighted by Crippen LogP contribution is 2.32. The molecule has 1 heterocycles. The molecule has 7 heteroatoms. The molecule has 32 heavy (non-hydrogen) atoms. The number of carboxylic acid groups (broad SMARTS) is 1. The van der Waals surface area contributed by atoms with Gasteiger partial charge in [-0.05, 0) is 18.2 Å². The summed E-state index contributed by atoms with van der Waals surface area (Å²) in [5.41, 5.74) is 2.50. The molecule has 0 bridgehead atoms. The van der Waals surface area contributed by atoms with Crippen LogP contribution in [0.2, 0.25) is 0 Å². The van der Waals surface area contributed by atoms with Crippen LogP contribution in [0.25, 0.3) is 22.6 Å². The van der Waals surface area contributed by atoms with E-state index in [1.165, 1.54) is 0 Å². The first-order valence-electron chi connectivity index (χ1n) is 10.0. The van der Waals surface area contributed by atoms with Crippen LogP contribution in [0.1, 0.15) is 0 Å². The van der Waals surface area contributed by atoms with Crippen LogP contribution in [-0.4, -0.2) is 28.0 Å². The second kappa shape index (κ2) is 10.1. The first-order chi connectivity index (χ1) is 15.6. The number of hydrogen-bond donors (Lipinski definition) is 1. The maximum atomic E-state index is 12.8. The highest BCUT2D eigenvalue weighted by Gasteiger charge is 2.19. The summed E-state index contributed by atoms with van der Waals surface area (Å²) >= 11 is 1.55. The SMILES string of the molecule is O=C(O)COc1cccc(SCCn2c(-c3ccccc3)c(-c3ccccc3)oc2=O)c1. The number of carbonyl (C=O) groups is 1. The standard InChI is InChI=1S/C25H21NO5S/c27-22(28)17-30-20-12-7-13-21(16-20)32-15-14-26-23(18-8-3-1-4-9-18)24(31-25(26)29)19-10-5-2-6-11-19/h1-13,16H,14-15,17H2,(H,27,28). The fraction of sp³-hybridized carbons (Fsp3) is 0.120. The van der Waals surface area contributed by atoms with Crippen LogP contribution in [0.5, 0.6) is 5.75 Å². The monoisotopic (exact) mass is 447 g/mol. The lowest BCUT2D eigenvalue weighted by atomic mass is 10.1. The van der Waals surface area contributed by atoms with E-state index in [0.29, 0.717) is 23.8 Å². The Balaban J connectivity index is 1.57. The molecular formula is C25H21NO5S. The van der Waals surface area contributed by atoms with E-state index >= 15 is 0 Å². The van der Waals surface area contributed by atoms with Crippen molar-refractivity contribution in [3.63, 3.8) is 0 Å². The van der Waals surface area contributed by atoms with Gasteiger partial charge >= 0.3 is 11.7 Å². The first-order valence-corrected chi connectivity index (χ1v) is 11.0. The Morgan fingerprint density at radius 3 is 2.31 bits per heavy atom. The van der Waals surface area contributed by atoms with Crippen LogP contribution in [-0.2, 0) is 11.3 Å². The van der Waals surface area contributed by atoms with Crippen molar-refractivity contribution in [1.29, 1.82) is 0 Å². The number of aromatic nitrogens is 1. The Kier molecular flexibility index (Phi) is 6.77. The van der Waals surface area contributed by atoms with Gasteiger partial charge in [0.15, 0.2) is 12.4 Å². The van der Waals surface area contributed by atoms with Crippen molar-refractivity contribution in [2.24, 2.45) is 0 Å². The van der Waals surface area contributed by atoms with Crippen molar-refractivity contribution >= 4 is 17.7 Å².